The van der Waals surface area contributed by atoms with Crippen molar-refractivity contribution in [2.45, 2.75) is 56.1 Å². The zero-order valence-corrected chi connectivity index (χ0v) is 17.5. The van der Waals surface area contributed by atoms with Gasteiger partial charge in [-0.15, -0.1) is 0 Å². The van der Waals surface area contributed by atoms with Gasteiger partial charge >= 0.3 is 12.1 Å². The van der Waals surface area contributed by atoms with Crippen LogP contribution in [0.1, 0.15) is 30.4 Å². The van der Waals surface area contributed by atoms with Crippen molar-refractivity contribution in [2.24, 2.45) is 10.9 Å². The van der Waals surface area contributed by atoms with Crippen LogP contribution in [0.2, 0.25) is 0 Å². The summed E-state index contributed by atoms with van der Waals surface area (Å²) < 4.78 is 48.7. The highest BCUT2D eigenvalue weighted by molar-refractivity contribution is 6.00. The Balaban J connectivity index is 1.91. The molecular formula is C20H27F3N2O8. The minimum absolute atomic E-state index is 0.000823. The van der Waals surface area contributed by atoms with Crippen molar-refractivity contribution in [3.8, 4) is 0 Å². The molecule has 1 aromatic rings. The third-order valence-corrected chi connectivity index (χ3v) is 4.83. The van der Waals surface area contributed by atoms with Crippen molar-refractivity contribution >= 4 is 11.7 Å². The van der Waals surface area contributed by atoms with Crippen LogP contribution in [-0.2, 0) is 25.3 Å². The molecule has 1 aliphatic heterocycles. The number of aliphatic hydroxyl groups excluding tert-OH is 3. The fraction of sp³-hybridized carbons (Fsp3) is 0.600. The molecule has 2 rings (SSSR count). The molecule has 10 nitrogen and oxygen atoms in total. The van der Waals surface area contributed by atoms with E-state index in [0.717, 1.165) is 12.1 Å². The molecule has 1 aromatic carbocycles. The fourth-order valence-electron chi connectivity index (χ4n) is 3.05. The highest BCUT2D eigenvalue weighted by Gasteiger charge is 2.47. The van der Waals surface area contributed by atoms with Gasteiger partial charge in [0.05, 0.1) is 11.3 Å². The minimum atomic E-state index is -4.46. The van der Waals surface area contributed by atoms with Crippen LogP contribution in [-0.4, -0.2) is 82.6 Å². The zero-order chi connectivity index (χ0) is 24.6. The van der Waals surface area contributed by atoms with E-state index < -0.39 is 48.4 Å². The topological polar surface area (TPSA) is 164 Å². The summed E-state index contributed by atoms with van der Waals surface area (Å²) >= 11 is 0. The number of oxime groups is 1. The van der Waals surface area contributed by atoms with Crippen LogP contribution in [0.3, 0.4) is 0 Å². The number of aliphatic hydroxyl groups is 3. The number of ether oxygens (including phenoxy) is 2. The van der Waals surface area contributed by atoms with Gasteiger partial charge in [-0.25, -0.2) is 4.79 Å². The number of nitrogens with zero attached hydrogens (tertiary/aromatic N) is 1. The van der Waals surface area contributed by atoms with E-state index in [1.165, 1.54) is 12.1 Å². The number of alkyl halides is 3. The van der Waals surface area contributed by atoms with Gasteiger partial charge in [-0.2, -0.15) is 13.2 Å². The van der Waals surface area contributed by atoms with Gasteiger partial charge in [-0.05, 0) is 37.0 Å². The Morgan fingerprint density at radius 3 is 2.30 bits per heavy atom. The Hall–Kier alpha value is -2.29. The highest BCUT2D eigenvalue weighted by Crippen LogP contribution is 2.29. The van der Waals surface area contributed by atoms with Crippen LogP contribution in [0.4, 0.5) is 13.2 Å². The van der Waals surface area contributed by atoms with Crippen molar-refractivity contribution < 1.29 is 52.7 Å². The number of unbranched alkanes of at least 4 members (excludes halogenated alkanes) is 1. The summed E-state index contributed by atoms with van der Waals surface area (Å²) in [4.78, 5) is 16.2. The molecule has 0 spiro atoms. The fourth-order valence-corrected chi connectivity index (χ4v) is 3.05. The average Bonchev–Trinajstić information content (AvgIpc) is 2.76. The molecule has 0 amide bonds. The number of halogens is 3. The first-order chi connectivity index (χ1) is 15.6. The van der Waals surface area contributed by atoms with Crippen LogP contribution in [0.15, 0.2) is 29.4 Å². The maximum Gasteiger partial charge on any atom is 0.416 e. The van der Waals surface area contributed by atoms with Gasteiger partial charge in [0, 0.05) is 13.2 Å². The Bertz CT molecular complexity index is 791. The molecule has 33 heavy (non-hydrogen) atoms. The number of nitrogens with two attached hydrogens (primary N) is 1. The van der Waals surface area contributed by atoms with Gasteiger partial charge in [0.15, 0.2) is 12.4 Å². The first kappa shape index (κ1) is 27.0. The number of carboxylic acid groups (broad SMARTS) is 1. The van der Waals surface area contributed by atoms with Crippen molar-refractivity contribution in [2.75, 3.05) is 19.8 Å². The molecule has 186 valence electrons. The van der Waals surface area contributed by atoms with E-state index in [4.69, 9.17) is 25.2 Å². The van der Waals surface area contributed by atoms with Crippen LogP contribution >= 0.6 is 0 Å². The van der Waals surface area contributed by atoms with E-state index in [-0.39, 0.29) is 19.8 Å². The standard InChI is InChI=1S/C20H27F3N2O8/c21-20(22,23)12-6-4-11(5-7-12)13(25-32-10-8-24)3-1-2-9-31-19-16(28)14(26)15(27)17(33-19)18(29)30/h4-7,14-17,19,26-28H,1-3,8-10,24H2,(H,29,30)/b25-13+. The van der Waals surface area contributed by atoms with Crippen molar-refractivity contribution in [1.29, 1.82) is 0 Å². The highest BCUT2D eigenvalue weighted by atomic mass is 19.4. The lowest BCUT2D eigenvalue weighted by Gasteiger charge is -2.38. The van der Waals surface area contributed by atoms with E-state index >= 15 is 0 Å². The lowest BCUT2D eigenvalue weighted by Crippen LogP contribution is -2.60. The number of hydrogen-bond donors (Lipinski definition) is 5. The molecule has 5 atom stereocenters. The monoisotopic (exact) mass is 480 g/mol. The number of carboxylic acids is 1. The summed E-state index contributed by atoms with van der Waals surface area (Å²) in [6, 6.07) is 4.46. The third-order valence-electron chi connectivity index (χ3n) is 4.83. The maximum absolute atomic E-state index is 12.8. The van der Waals surface area contributed by atoms with Crippen molar-refractivity contribution in [3.05, 3.63) is 35.4 Å². The number of aliphatic carboxylic acids is 1. The van der Waals surface area contributed by atoms with E-state index in [1.54, 1.807) is 0 Å². The second-order valence-electron chi connectivity index (χ2n) is 7.30. The molecule has 5 unspecified atom stereocenters. The van der Waals surface area contributed by atoms with E-state index in [9.17, 15) is 33.3 Å². The van der Waals surface area contributed by atoms with Gasteiger partial charge in [0.2, 0.25) is 0 Å². The lowest BCUT2D eigenvalue weighted by atomic mass is 9.99. The summed E-state index contributed by atoms with van der Waals surface area (Å²) in [5.41, 5.74) is 5.40. The van der Waals surface area contributed by atoms with Crippen LogP contribution < -0.4 is 5.73 Å². The summed E-state index contributed by atoms with van der Waals surface area (Å²) in [6.45, 7) is 0.336. The lowest BCUT2D eigenvalue weighted by molar-refractivity contribution is -0.294. The normalized spacial score (nSPS) is 26.3. The van der Waals surface area contributed by atoms with Crippen LogP contribution in [0.25, 0.3) is 0 Å². The largest absolute Gasteiger partial charge is 0.479 e. The van der Waals surface area contributed by atoms with E-state index in [0.29, 0.717) is 30.5 Å². The third kappa shape index (κ3) is 7.62. The first-order valence-electron chi connectivity index (χ1n) is 10.2. The predicted molar refractivity (Wildman–Crippen MR) is 107 cm³/mol. The minimum Gasteiger partial charge on any atom is -0.479 e. The average molecular weight is 480 g/mol. The van der Waals surface area contributed by atoms with Crippen molar-refractivity contribution in [3.63, 3.8) is 0 Å². The second-order valence-corrected chi connectivity index (χ2v) is 7.30. The molecule has 1 fully saturated rings. The summed E-state index contributed by atoms with van der Waals surface area (Å²) in [5.74, 6) is -1.52. The van der Waals surface area contributed by atoms with Gasteiger partial charge in [0.25, 0.3) is 0 Å². The number of benzene rings is 1. The Kier molecular flexibility index (Phi) is 10.0. The molecule has 1 saturated heterocycles. The molecule has 6 N–H and O–H groups in total. The molecule has 13 heteroatoms. The molecule has 1 aliphatic rings. The Morgan fingerprint density at radius 2 is 1.73 bits per heavy atom. The molecule has 0 bridgehead atoms. The Morgan fingerprint density at radius 1 is 1.06 bits per heavy atom. The smallest absolute Gasteiger partial charge is 0.416 e. The Labute approximate surface area is 187 Å². The quantitative estimate of drug-likeness (QED) is 0.172. The summed E-state index contributed by atoms with van der Waals surface area (Å²) in [5, 5.41) is 42.3. The molecule has 0 aliphatic carbocycles. The first-order valence-corrected chi connectivity index (χ1v) is 10.2. The zero-order valence-electron chi connectivity index (χ0n) is 17.5. The molecule has 0 aromatic heterocycles. The number of carbonyl (C=O) groups is 1. The number of hydrogen-bond acceptors (Lipinski definition) is 9. The molecule has 0 saturated carbocycles. The second kappa shape index (κ2) is 12.3. The molecule has 1 heterocycles. The molecular weight excluding hydrogens is 453 g/mol. The van der Waals surface area contributed by atoms with Gasteiger partial charge in [-0.3, -0.25) is 0 Å². The van der Waals surface area contributed by atoms with Crippen LogP contribution in [0, 0.1) is 0 Å². The van der Waals surface area contributed by atoms with Crippen molar-refractivity contribution in [1.82, 2.24) is 0 Å². The van der Waals surface area contributed by atoms with Gasteiger partial charge < -0.3 is 40.5 Å². The van der Waals surface area contributed by atoms with Crippen LogP contribution in [0.5, 0.6) is 0 Å². The molecule has 0 radical (unpaired) electrons. The number of rotatable bonds is 11. The SMILES string of the molecule is NCCO/N=C(\CCCCOC1OC(C(=O)O)C(O)C(O)C1O)c1ccc(C(F)(F)F)cc1. The van der Waals surface area contributed by atoms with E-state index in [2.05, 4.69) is 5.16 Å². The summed E-state index contributed by atoms with van der Waals surface area (Å²) in [7, 11) is 0. The van der Waals surface area contributed by atoms with E-state index in [1.807, 2.05) is 0 Å². The van der Waals surface area contributed by atoms with Gasteiger partial charge in [0.1, 0.15) is 24.9 Å². The summed E-state index contributed by atoms with van der Waals surface area (Å²) in [6.07, 6.45) is -11.8. The predicted octanol–water partition coefficient (Wildman–Crippen LogP) is 0.464. The van der Waals surface area contributed by atoms with Gasteiger partial charge in [-0.1, -0.05) is 17.3 Å². The maximum atomic E-state index is 12.8.